The van der Waals surface area contributed by atoms with Crippen LogP contribution in [-0.2, 0) is 66.5 Å². The van der Waals surface area contributed by atoms with Gasteiger partial charge in [0.25, 0.3) is 0 Å². The number of fused-ring (bicyclic) bond motifs is 8. The lowest BCUT2D eigenvalue weighted by atomic mass is 9.79. The molecule has 544 valence electrons. The van der Waals surface area contributed by atoms with Gasteiger partial charge in [-0.2, -0.15) is 0 Å². The topological polar surface area (TPSA) is 298 Å². The molecule has 24 heteroatoms. The molecule has 1 aliphatic carbocycles. The Morgan fingerprint density at radius 2 is 0.452 bits per heavy atom. The predicted molar refractivity (Wildman–Crippen MR) is 396 cm³/mol. The van der Waals surface area contributed by atoms with Gasteiger partial charge in [-0.15, -0.1) is 40.9 Å². The fraction of sp³-hybridized carbons (Fsp3) is 0.350. The van der Waals surface area contributed by atoms with Crippen molar-refractivity contribution in [3.8, 4) is 23.0 Å². The molecule has 0 fully saturated rings. The largest absolute Gasteiger partial charge is 0.492 e. The number of azo groups is 4. The number of hydrogen-bond donors (Lipinski definition) is 4. The van der Waals surface area contributed by atoms with Gasteiger partial charge in [0.05, 0.1) is 0 Å². The second kappa shape index (κ2) is 32.2. The van der Waals surface area contributed by atoms with Crippen molar-refractivity contribution in [2.75, 3.05) is 54.6 Å². The first-order chi connectivity index (χ1) is 48.9. The van der Waals surface area contributed by atoms with E-state index in [1.807, 2.05) is 76.7 Å². The lowest BCUT2D eigenvalue weighted by Crippen LogP contribution is -2.19. The van der Waals surface area contributed by atoms with Crippen molar-refractivity contribution in [1.29, 1.82) is 0 Å². The zero-order valence-corrected chi connectivity index (χ0v) is 61.9. The molecule has 4 aromatic rings. The van der Waals surface area contributed by atoms with Crippen LogP contribution in [0, 0.1) is 0 Å². The van der Waals surface area contributed by atoms with Crippen LogP contribution in [0.2, 0.25) is 0 Å². The summed E-state index contributed by atoms with van der Waals surface area (Å²) in [4.78, 5) is 63.6. The van der Waals surface area contributed by atoms with Crippen molar-refractivity contribution in [2.45, 2.75) is 130 Å². The maximum absolute atomic E-state index is 14.1. The van der Waals surface area contributed by atoms with Crippen molar-refractivity contribution in [3.63, 3.8) is 0 Å². The van der Waals surface area contributed by atoms with Crippen LogP contribution in [0.25, 0.3) is 0 Å². The number of amides is 4. The van der Waals surface area contributed by atoms with Gasteiger partial charge in [-0.25, -0.2) is 0 Å². The molecule has 4 N–H and O–H groups in total. The van der Waals surface area contributed by atoms with Gasteiger partial charge in [-0.3, -0.25) is 19.2 Å². The maximum Gasteiger partial charge on any atom is 0.302 e. The van der Waals surface area contributed by atoms with Crippen LogP contribution < -0.4 is 18.9 Å². The molecule has 0 atom stereocenters. The molecule has 0 radical (unpaired) electrons. The molecule has 0 unspecified atom stereocenters. The van der Waals surface area contributed by atoms with Crippen LogP contribution in [0.4, 0.5) is 0 Å². The number of carbonyl (C=O) groups is 4. The van der Waals surface area contributed by atoms with Crippen LogP contribution in [0.5, 0.6) is 23.0 Å². The first kappa shape index (κ1) is 76.6. The number of aliphatic hydroxyl groups is 4. The third-order valence-corrected chi connectivity index (χ3v) is 17.3. The summed E-state index contributed by atoms with van der Waals surface area (Å²) in [6.07, 6.45) is 26.8. The summed E-state index contributed by atoms with van der Waals surface area (Å²) in [5.41, 5.74) is 7.21. The Hall–Kier alpha value is -11.6. The lowest BCUT2D eigenvalue weighted by molar-refractivity contribution is -0.121. The highest BCUT2D eigenvalue weighted by Gasteiger charge is 2.31. The van der Waals surface area contributed by atoms with Crippen molar-refractivity contribution in [3.05, 3.63) is 259 Å². The monoisotopic (exact) mass is 1410 g/mol. The molecule has 4 aliphatic heterocycles. The number of aliphatic hydroxyl groups excluding tert-OH is 4. The minimum absolute atomic E-state index is 0.0345. The number of rotatable bonds is 16. The fourth-order valence-electron chi connectivity index (χ4n) is 11.3. The van der Waals surface area contributed by atoms with E-state index in [9.17, 15) is 39.6 Å². The second-order valence-corrected chi connectivity index (χ2v) is 30.0. The Kier molecular flexibility index (Phi) is 23.7. The Morgan fingerprint density at radius 1 is 0.298 bits per heavy atom. The third-order valence-electron chi connectivity index (χ3n) is 17.3. The number of carbonyl (C=O) groups excluding carboxylic acids is 4. The van der Waals surface area contributed by atoms with Gasteiger partial charge < -0.3 is 59.0 Å². The Balaban J connectivity index is 1.31. The Labute approximate surface area is 607 Å². The van der Waals surface area contributed by atoms with Gasteiger partial charge in [0.1, 0.15) is 23.0 Å². The average molecular weight is 1410 g/mol. The van der Waals surface area contributed by atoms with Gasteiger partial charge in [0.2, 0.25) is 23.5 Å². The summed E-state index contributed by atoms with van der Waals surface area (Å²) in [6, 6.07) is 16.1. The van der Waals surface area contributed by atoms with Crippen LogP contribution in [0.15, 0.2) is 233 Å². The van der Waals surface area contributed by atoms with Gasteiger partial charge in [-0.05, 0) is 137 Å². The standard InChI is InChI=1S/C80H92N12O12/c1-77(2,3)61-37-53-33-55-39-62(78(4,5)6)41-57(70(55)102-46-66(94)82-86-74(98)50-19-27-90(14)28-20-50)35-59-43-64(80(10,11)12)44-60(72(59)104-48-68(96)84-88-76(100)52-23-31-92(16)32-24-52)36-58-42-63(79(7,8)9)40-56(71(58)103-47-67(95)83-87-75(99)51-21-29-91(15)30-22-51)34-54(38-61)69(53)101-45-65(93)81-85-73(97)49-17-25-89(13)26-18-49/h17-32,37-44,97-100H,33-36,45-48H2,1-16H3. The van der Waals surface area contributed by atoms with Gasteiger partial charge >= 0.3 is 23.6 Å². The van der Waals surface area contributed by atoms with E-state index in [0.717, 1.165) is 22.3 Å². The quantitative estimate of drug-likeness (QED) is 0.0527. The van der Waals surface area contributed by atoms with Crippen molar-refractivity contribution >= 4 is 23.6 Å². The third kappa shape index (κ3) is 20.4. The number of hydrogen-bond acceptors (Lipinski definition) is 20. The molecule has 9 rings (SSSR count). The van der Waals surface area contributed by atoms with E-state index >= 15 is 0 Å². The molecule has 8 bridgehead atoms. The van der Waals surface area contributed by atoms with Crippen molar-refractivity contribution in [2.24, 2.45) is 40.9 Å². The van der Waals surface area contributed by atoms with E-state index in [-0.39, 0.29) is 48.7 Å². The zero-order valence-electron chi connectivity index (χ0n) is 61.9. The summed E-state index contributed by atoms with van der Waals surface area (Å²) >= 11 is 0. The smallest absolute Gasteiger partial charge is 0.302 e. The number of benzene rings is 4. The molecular weight excluding hydrogens is 1320 g/mol. The first-order valence-electron chi connectivity index (χ1n) is 34.0. The van der Waals surface area contributed by atoms with E-state index in [4.69, 9.17) is 18.9 Å². The molecule has 4 aromatic carbocycles. The Morgan fingerprint density at radius 3 is 0.596 bits per heavy atom. The molecule has 0 saturated heterocycles. The molecule has 0 spiro atoms. The molecule has 0 aromatic heterocycles. The van der Waals surface area contributed by atoms with Crippen molar-refractivity contribution in [1.82, 2.24) is 19.6 Å². The van der Waals surface area contributed by atoms with Gasteiger partial charge in [-0.1, -0.05) is 132 Å². The van der Waals surface area contributed by atoms with Crippen LogP contribution >= 0.6 is 0 Å². The van der Waals surface area contributed by atoms with Crippen LogP contribution in [-0.4, -0.2) is 118 Å². The SMILES string of the molecule is CN1C=CC(=C(O)N=NC(=O)COc2c3cc(C(C)(C)C)cc2Cc2cc(C(C)(C)C)cc(c2OCC(=O)N=NC(O)=C2C=CN(C)C=C2)Cc2cc(C(C)(C)C)cc(c2OCC(=O)N=NC(O)=C2C=CN(C)C=C2)Cc2cc(C(C)(C)C)cc(c2OCC(=O)N=NC(O)=C2C=CN(C)C=C2)C3)C=C1. The highest BCUT2D eigenvalue weighted by atomic mass is 16.5. The lowest BCUT2D eigenvalue weighted by Gasteiger charge is -2.29. The summed E-state index contributed by atoms with van der Waals surface area (Å²) in [5, 5.41) is 75.2. The van der Waals surface area contributed by atoms with E-state index in [1.165, 1.54) is 0 Å². The molecular formula is C80H92N12O12. The number of nitrogens with zero attached hydrogens (tertiary/aromatic N) is 12. The van der Waals surface area contributed by atoms with Crippen LogP contribution in [0.3, 0.4) is 0 Å². The normalized spacial score (nSPS) is 15.4. The van der Waals surface area contributed by atoms with E-state index < -0.39 is 95.2 Å². The highest BCUT2D eigenvalue weighted by Crippen LogP contribution is 2.45. The first-order valence-corrected chi connectivity index (χ1v) is 34.0. The second-order valence-electron chi connectivity index (χ2n) is 30.0. The number of ether oxygens (including phenoxy) is 4. The van der Waals surface area contributed by atoms with E-state index in [1.54, 1.807) is 118 Å². The average Bonchev–Trinajstić information content (AvgIpc) is 0.763. The maximum atomic E-state index is 14.1. The fourth-order valence-corrected chi connectivity index (χ4v) is 11.3. The van der Waals surface area contributed by atoms with Gasteiger partial charge in [0.15, 0.2) is 26.4 Å². The molecule has 5 aliphatic rings. The van der Waals surface area contributed by atoms with Crippen molar-refractivity contribution < 1.29 is 58.6 Å². The van der Waals surface area contributed by atoms with Crippen LogP contribution in [0.1, 0.15) is 150 Å². The number of allylic oxidation sites excluding steroid dienone is 12. The predicted octanol–water partition coefficient (Wildman–Crippen LogP) is 16.0. The van der Waals surface area contributed by atoms with Gasteiger partial charge in [0, 0.05) is 126 Å². The minimum Gasteiger partial charge on any atom is -0.492 e. The summed E-state index contributed by atoms with van der Waals surface area (Å²) in [7, 11) is 7.28. The molecule has 24 nitrogen and oxygen atoms in total. The zero-order chi connectivity index (χ0) is 75.6. The minimum atomic E-state index is -0.829. The van der Waals surface area contributed by atoms with E-state index in [2.05, 4.69) is 124 Å². The molecule has 104 heavy (non-hydrogen) atoms. The Bertz CT molecular complexity index is 3850. The highest BCUT2D eigenvalue weighted by molar-refractivity contribution is 5.80. The van der Waals surface area contributed by atoms with E-state index in [0.29, 0.717) is 66.8 Å². The molecule has 0 saturated carbocycles. The summed E-state index contributed by atoms with van der Waals surface area (Å²) in [5.74, 6) is -4.17. The molecule has 4 heterocycles. The molecule has 4 amide bonds. The summed E-state index contributed by atoms with van der Waals surface area (Å²) in [6.45, 7) is 22.3. The summed E-state index contributed by atoms with van der Waals surface area (Å²) < 4.78 is 27.3.